The Morgan fingerprint density at radius 1 is 1.22 bits per heavy atom. The van der Waals surface area contributed by atoms with E-state index in [4.69, 9.17) is 14.2 Å². The van der Waals surface area contributed by atoms with Gasteiger partial charge in [-0.05, 0) is 25.1 Å². The Kier molecular flexibility index (Phi) is 3.19. The van der Waals surface area contributed by atoms with E-state index in [9.17, 15) is 4.79 Å². The van der Waals surface area contributed by atoms with Crippen LogP contribution in [-0.2, 0) is 4.79 Å². The number of nitrogens with one attached hydrogen (secondary N) is 1. The van der Waals surface area contributed by atoms with E-state index in [0.29, 0.717) is 23.7 Å². The second-order valence-corrected chi connectivity index (χ2v) is 5.23. The number of hydrogen-bond donors (Lipinski definition) is 1. The molecule has 2 aromatic carbocycles. The van der Waals surface area contributed by atoms with Crippen LogP contribution in [0, 0.1) is 0 Å². The summed E-state index contributed by atoms with van der Waals surface area (Å²) in [5.41, 5.74) is 3.00. The first-order chi connectivity index (χ1) is 11.3. The van der Waals surface area contributed by atoms with Crippen LogP contribution < -0.4 is 19.5 Å². The van der Waals surface area contributed by atoms with Crippen LogP contribution in [0.25, 0.3) is 11.6 Å². The monoisotopic (exact) mass is 309 g/mol. The number of rotatable bonds is 3. The van der Waals surface area contributed by atoms with E-state index in [0.717, 1.165) is 22.6 Å². The van der Waals surface area contributed by atoms with Gasteiger partial charge in [0, 0.05) is 22.8 Å². The molecule has 4 rings (SSSR count). The Labute approximate surface area is 133 Å². The van der Waals surface area contributed by atoms with Gasteiger partial charge in [0.25, 0.3) is 5.91 Å². The number of carbonyl (C=O) groups excluding carboxylic acids is 1. The van der Waals surface area contributed by atoms with Gasteiger partial charge in [-0.3, -0.25) is 4.79 Å². The van der Waals surface area contributed by atoms with Crippen molar-refractivity contribution in [3.8, 4) is 17.2 Å². The molecule has 2 aliphatic heterocycles. The van der Waals surface area contributed by atoms with Crippen molar-refractivity contribution in [3.05, 3.63) is 47.5 Å². The summed E-state index contributed by atoms with van der Waals surface area (Å²) in [7, 11) is 0. The number of amides is 1. The van der Waals surface area contributed by atoms with Gasteiger partial charge in [0.1, 0.15) is 5.75 Å². The molecule has 5 heteroatoms. The summed E-state index contributed by atoms with van der Waals surface area (Å²) >= 11 is 0. The fraction of sp³-hybridized carbons (Fsp3) is 0.167. The summed E-state index contributed by atoms with van der Waals surface area (Å²) < 4.78 is 16.4. The van der Waals surface area contributed by atoms with Gasteiger partial charge >= 0.3 is 0 Å². The van der Waals surface area contributed by atoms with Gasteiger partial charge in [0.15, 0.2) is 11.5 Å². The van der Waals surface area contributed by atoms with Crippen molar-refractivity contribution >= 4 is 23.2 Å². The molecule has 2 heterocycles. The lowest BCUT2D eigenvalue weighted by Crippen LogP contribution is -2.04. The van der Waals surface area contributed by atoms with Crippen LogP contribution in [0.15, 0.2) is 36.4 Å². The van der Waals surface area contributed by atoms with Gasteiger partial charge in [-0.2, -0.15) is 0 Å². The van der Waals surface area contributed by atoms with Crippen molar-refractivity contribution in [3.63, 3.8) is 0 Å². The number of ether oxygens (including phenoxy) is 3. The van der Waals surface area contributed by atoms with E-state index in [1.807, 2.05) is 43.3 Å². The molecule has 23 heavy (non-hydrogen) atoms. The molecule has 0 bridgehead atoms. The van der Waals surface area contributed by atoms with Crippen LogP contribution in [-0.4, -0.2) is 19.3 Å². The second-order valence-electron chi connectivity index (χ2n) is 5.23. The standard InChI is InChI=1S/C18H15NO4/c1-2-21-15-6-4-3-5-11(15)7-13-12-8-16-17(23-10-22-16)9-14(12)19-18(13)20/h3-9H,2,10H2,1H3,(H,19,20). The Bertz CT molecular complexity index is 826. The number of hydrogen-bond acceptors (Lipinski definition) is 4. The van der Waals surface area contributed by atoms with Crippen molar-refractivity contribution in [2.45, 2.75) is 6.92 Å². The normalized spacial score (nSPS) is 16.4. The SMILES string of the molecule is CCOc1ccccc1C=C1C(=O)Nc2cc3c(cc21)OCO3. The van der Waals surface area contributed by atoms with Crippen molar-refractivity contribution in [2.24, 2.45) is 0 Å². The van der Waals surface area contributed by atoms with Gasteiger partial charge < -0.3 is 19.5 Å². The molecule has 0 unspecified atom stereocenters. The minimum Gasteiger partial charge on any atom is -0.493 e. The Morgan fingerprint density at radius 3 is 2.83 bits per heavy atom. The highest BCUT2D eigenvalue weighted by molar-refractivity contribution is 6.35. The minimum atomic E-state index is -0.144. The number of carbonyl (C=O) groups is 1. The van der Waals surface area contributed by atoms with Crippen LogP contribution in [0.4, 0.5) is 5.69 Å². The number of fused-ring (bicyclic) bond motifs is 2. The maximum absolute atomic E-state index is 12.3. The number of anilines is 1. The van der Waals surface area contributed by atoms with Crippen molar-refractivity contribution in [1.82, 2.24) is 0 Å². The highest BCUT2D eigenvalue weighted by Crippen LogP contribution is 2.43. The lowest BCUT2D eigenvalue weighted by atomic mass is 10.0. The van der Waals surface area contributed by atoms with Crippen LogP contribution in [0.5, 0.6) is 17.2 Å². The molecule has 0 radical (unpaired) electrons. The molecule has 0 saturated heterocycles. The zero-order chi connectivity index (χ0) is 15.8. The molecular formula is C18H15NO4. The second kappa shape index (κ2) is 5.35. The van der Waals surface area contributed by atoms with Gasteiger partial charge in [0.05, 0.1) is 12.3 Å². The number of para-hydroxylation sites is 1. The van der Waals surface area contributed by atoms with Crippen LogP contribution in [0.1, 0.15) is 18.1 Å². The molecule has 2 aliphatic rings. The predicted molar refractivity (Wildman–Crippen MR) is 86.7 cm³/mol. The fourth-order valence-electron chi connectivity index (χ4n) is 2.77. The highest BCUT2D eigenvalue weighted by atomic mass is 16.7. The lowest BCUT2D eigenvalue weighted by Gasteiger charge is -2.07. The average molecular weight is 309 g/mol. The lowest BCUT2D eigenvalue weighted by molar-refractivity contribution is -0.110. The summed E-state index contributed by atoms with van der Waals surface area (Å²) in [4.78, 5) is 12.3. The molecular weight excluding hydrogens is 294 g/mol. The van der Waals surface area contributed by atoms with E-state index in [1.165, 1.54) is 0 Å². The first-order valence-corrected chi connectivity index (χ1v) is 7.45. The zero-order valence-corrected chi connectivity index (χ0v) is 12.6. The van der Waals surface area contributed by atoms with Crippen molar-refractivity contribution in [1.29, 1.82) is 0 Å². The van der Waals surface area contributed by atoms with E-state index in [1.54, 1.807) is 6.07 Å². The van der Waals surface area contributed by atoms with Crippen LogP contribution in [0.2, 0.25) is 0 Å². The smallest absolute Gasteiger partial charge is 0.256 e. The molecule has 0 aliphatic carbocycles. The first kappa shape index (κ1) is 13.7. The summed E-state index contributed by atoms with van der Waals surface area (Å²) in [5, 5.41) is 2.87. The van der Waals surface area contributed by atoms with Crippen molar-refractivity contribution < 1.29 is 19.0 Å². The van der Waals surface area contributed by atoms with Crippen LogP contribution in [0.3, 0.4) is 0 Å². The van der Waals surface area contributed by atoms with Gasteiger partial charge in [-0.1, -0.05) is 18.2 Å². The third kappa shape index (κ3) is 2.30. The summed E-state index contributed by atoms with van der Waals surface area (Å²) in [5.74, 6) is 1.92. The Balaban J connectivity index is 1.80. The molecule has 0 atom stereocenters. The molecule has 5 nitrogen and oxygen atoms in total. The molecule has 1 amide bonds. The average Bonchev–Trinajstić information content (AvgIpc) is 3.11. The summed E-state index contributed by atoms with van der Waals surface area (Å²) in [6.45, 7) is 2.71. The molecule has 0 aromatic heterocycles. The largest absolute Gasteiger partial charge is 0.493 e. The molecule has 1 N–H and O–H groups in total. The van der Waals surface area contributed by atoms with Gasteiger partial charge in [-0.25, -0.2) is 0 Å². The Morgan fingerprint density at radius 2 is 2.00 bits per heavy atom. The van der Waals surface area contributed by atoms with Gasteiger partial charge in [0.2, 0.25) is 6.79 Å². The minimum absolute atomic E-state index is 0.144. The maximum Gasteiger partial charge on any atom is 0.256 e. The molecule has 0 saturated carbocycles. The summed E-state index contributed by atoms with van der Waals surface area (Å²) in [6, 6.07) is 11.3. The van der Waals surface area contributed by atoms with Crippen molar-refractivity contribution in [2.75, 3.05) is 18.7 Å². The Hall–Kier alpha value is -2.95. The fourth-order valence-corrected chi connectivity index (χ4v) is 2.77. The molecule has 0 spiro atoms. The van der Waals surface area contributed by atoms with E-state index in [-0.39, 0.29) is 12.7 Å². The maximum atomic E-state index is 12.3. The van der Waals surface area contributed by atoms with E-state index < -0.39 is 0 Å². The van der Waals surface area contributed by atoms with Gasteiger partial charge in [-0.15, -0.1) is 0 Å². The molecule has 0 fully saturated rings. The number of benzene rings is 2. The quantitative estimate of drug-likeness (QED) is 0.884. The highest BCUT2D eigenvalue weighted by Gasteiger charge is 2.28. The van der Waals surface area contributed by atoms with E-state index >= 15 is 0 Å². The predicted octanol–water partition coefficient (Wildman–Crippen LogP) is 3.31. The third-order valence-electron chi connectivity index (χ3n) is 3.81. The first-order valence-electron chi connectivity index (χ1n) is 7.45. The van der Waals surface area contributed by atoms with Crippen LogP contribution >= 0.6 is 0 Å². The third-order valence-corrected chi connectivity index (χ3v) is 3.81. The zero-order valence-electron chi connectivity index (χ0n) is 12.6. The molecule has 116 valence electrons. The molecule has 2 aromatic rings. The summed E-state index contributed by atoms with van der Waals surface area (Å²) in [6.07, 6.45) is 1.84. The topological polar surface area (TPSA) is 56.8 Å². The van der Waals surface area contributed by atoms with E-state index in [2.05, 4.69) is 5.32 Å².